The van der Waals surface area contributed by atoms with E-state index in [1.807, 2.05) is 11.8 Å². The van der Waals surface area contributed by atoms with E-state index in [2.05, 4.69) is 20.6 Å². The number of aromatic nitrogens is 4. The Morgan fingerprint density at radius 2 is 2.00 bits per heavy atom. The van der Waals surface area contributed by atoms with Crippen LogP contribution in [0, 0.1) is 0 Å². The Kier molecular flexibility index (Phi) is 5.22. The molecule has 30 heavy (non-hydrogen) atoms. The first kappa shape index (κ1) is 20.3. The first-order valence-corrected chi connectivity index (χ1v) is 9.50. The van der Waals surface area contributed by atoms with Crippen LogP contribution in [0.3, 0.4) is 0 Å². The van der Waals surface area contributed by atoms with Crippen LogP contribution in [-0.4, -0.2) is 61.7 Å². The van der Waals surface area contributed by atoms with E-state index in [-0.39, 0.29) is 17.3 Å². The van der Waals surface area contributed by atoms with Crippen molar-refractivity contribution in [3.05, 3.63) is 36.0 Å². The van der Waals surface area contributed by atoms with Crippen molar-refractivity contribution in [3.8, 4) is 17.0 Å². The predicted molar refractivity (Wildman–Crippen MR) is 102 cm³/mol. The molecule has 4 rings (SSSR count). The average Bonchev–Trinajstić information content (AvgIpc) is 3.18. The van der Waals surface area contributed by atoms with E-state index in [1.54, 1.807) is 6.07 Å². The summed E-state index contributed by atoms with van der Waals surface area (Å²) in [5.74, 6) is -0.269. The first-order valence-electron chi connectivity index (χ1n) is 9.50. The van der Waals surface area contributed by atoms with Crippen molar-refractivity contribution in [2.75, 3.05) is 25.0 Å². The van der Waals surface area contributed by atoms with Crippen LogP contribution in [0.2, 0.25) is 0 Å². The molecule has 0 radical (unpaired) electrons. The summed E-state index contributed by atoms with van der Waals surface area (Å²) in [6.07, 6.45) is -3.71. The van der Waals surface area contributed by atoms with E-state index >= 15 is 0 Å². The lowest BCUT2D eigenvalue weighted by Crippen LogP contribution is -2.47. The zero-order chi connectivity index (χ0) is 21.5. The fourth-order valence-electron chi connectivity index (χ4n) is 3.70. The molecule has 0 saturated carbocycles. The van der Waals surface area contributed by atoms with Gasteiger partial charge in [-0.15, -0.1) is 10.2 Å². The quantitative estimate of drug-likeness (QED) is 0.626. The molecule has 0 amide bonds. The van der Waals surface area contributed by atoms with Crippen molar-refractivity contribution >= 4 is 11.5 Å². The Balaban J connectivity index is 1.67. The van der Waals surface area contributed by atoms with Gasteiger partial charge in [0.15, 0.2) is 0 Å². The van der Waals surface area contributed by atoms with Crippen LogP contribution >= 0.6 is 0 Å². The number of piperidine rings is 1. The van der Waals surface area contributed by atoms with Crippen molar-refractivity contribution in [1.29, 1.82) is 0 Å². The predicted octanol–water partition coefficient (Wildman–Crippen LogP) is 3.36. The Labute approximate surface area is 169 Å². The van der Waals surface area contributed by atoms with Gasteiger partial charge in [-0.05, 0) is 30.8 Å². The van der Waals surface area contributed by atoms with E-state index in [4.69, 9.17) is 0 Å². The third kappa shape index (κ3) is 3.89. The monoisotopic (exact) mass is 424 g/mol. The number of phenols is 1. The molecule has 7 nitrogen and oxygen atoms in total. The summed E-state index contributed by atoms with van der Waals surface area (Å²) < 4.78 is 54.1. The molecule has 0 spiro atoms. The number of hydrogen-bond acceptors (Lipinski definition) is 6. The largest absolute Gasteiger partial charge is 0.507 e. The van der Waals surface area contributed by atoms with E-state index in [1.165, 1.54) is 10.7 Å². The Bertz CT molecular complexity index is 1050. The number of hydrogen-bond donors (Lipinski definition) is 2. The maximum absolute atomic E-state index is 14.0. The van der Waals surface area contributed by atoms with Gasteiger partial charge in [0.25, 0.3) is 0 Å². The Morgan fingerprint density at radius 3 is 2.70 bits per heavy atom. The summed E-state index contributed by atoms with van der Waals surface area (Å²) >= 11 is 0. The van der Waals surface area contributed by atoms with Gasteiger partial charge in [0.1, 0.15) is 17.6 Å². The van der Waals surface area contributed by atoms with E-state index in [9.17, 15) is 22.7 Å². The van der Waals surface area contributed by atoms with Gasteiger partial charge in [0.05, 0.1) is 17.3 Å². The lowest BCUT2D eigenvalue weighted by Gasteiger charge is -2.34. The molecule has 2 aromatic heterocycles. The van der Waals surface area contributed by atoms with Crippen LogP contribution < -0.4 is 5.32 Å². The number of aromatic hydroxyl groups is 1. The van der Waals surface area contributed by atoms with Gasteiger partial charge in [0, 0.05) is 31.1 Å². The maximum atomic E-state index is 14.0. The third-order valence-corrected chi connectivity index (χ3v) is 5.17. The molecule has 1 aliphatic rings. The number of halogens is 4. The zero-order valence-corrected chi connectivity index (χ0v) is 16.1. The third-order valence-electron chi connectivity index (χ3n) is 5.17. The molecule has 160 valence electrons. The van der Waals surface area contributed by atoms with Gasteiger partial charge in [-0.3, -0.25) is 4.90 Å². The van der Waals surface area contributed by atoms with Crippen LogP contribution in [0.1, 0.15) is 18.9 Å². The highest BCUT2D eigenvalue weighted by Gasteiger charge is 2.32. The maximum Gasteiger partial charge on any atom is 0.416 e. The molecule has 3 heterocycles. The normalized spacial score (nSPS) is 20.6. The highest BCUT2D eigenvalue weighted by atomic mass is 19.4. The second-order valence-corrected chi connectivity index (χ2v) is 7.26. The van der Waals surface area contributed by atoms with Crippen LogP contribution in [0.4, 0.5) is 23.5 Å². The number of likely N-dealkylation sites (N-methyl/N-ethyl adjacent to an activating group) is 1. The fraction of sp³-hybridized carbons (Fsp3) is 0.421. The zero-order valence-electron chi connectivity index (χ0n) is 16.1. The lowest BCUT2D eigenvalue weighted by molar-refractivity contribution is -0.137. The number of anilines is 1. The molecule has 0 unspecified atom stereocenters. The average molecular weight is 424 g/mol. The van der Waals surface area contributed by atoms with Crippen molar-refractivity contribution in [2.24, 2.45) is 0 Å². The highest BCUT2D eigenvalue weighted by molar-refractivity contribution is 5.80. The molecular formula is C19H20F4N6O. The molecule has 3 aromatic rings. The fourth-order valence-corrected chi connectivity index (χ4v) is 3.70. The molecule has 0 bridgehead atoms. The molecule has 11 heteroatoms. The van der Waals surface area contributed by atoms with Crippen LogP contribution in [-0.2, 0) is 6.18 Å². The number of rotatable bonds is 4. The molecular weight excluding hydrogens is 404 g/mol. The second-order valence-electron chi connectivity index (χ2n) is 7.26. The van der Waals surface area contributed by atoms with Gasteiger partial charge in [-0.2, -0.15) is 22.8 Å². The van der Waals surface area contributed by atoms with E-state index in [0.717, 1.165) is 18.7 Å². The number of fused-ring (bicyclic) bond motifs is 1. The van der Waals surface area contributed by atoms with Crippen molar-refractivity contribution in [1.82, 2.24) is 24.7 Å². The van der Waals surface area contributed by atoms with Crippen LogP contribution in [0.15, 0.2) is 30.5 Å². The first-order chi connectivity index (χ1) is 14.3. The Morgan fingerprint density at radius 1 is 1.20 bits per heavy atom. The van der Waals surface area contributed by atoms with Crippen molar-refractivity contribution in [2.45, 2.75) is 31.7 Å². The molecule has 1 fully saturated rings. The summed E-state index contributed by atoms with van der Waals surface area (Å²) in [5.41, 5.74) is -0.224. The number of nitrogens with one attached hydrogen (secondary N) is 1. The minimum Gasteiger partial charge on any atom is -0.507 e. The van der Waals surface area contributed by atoms with E-state index < -0.39 is 23.7 Å². The molecule has 1 saturated heterocycles. The van der Waals surface area contributed by atoms with Crippen LogP contribution in [0.5, 0.6) is 5.75 Å². The molecule has 0 aliphatic carbocycles. The topological polar surface area (TPSA) is 78.6 Å². The summed E-state index contributed by atoms with van der Waals surface area (Å²) in [4.78, 5) is 1.99. The van der Waals surface area contributed by atoms with Gasteiger partial charge >= 0.3 is 6.18 Å². The van der Waals surface area contributed by atoms with Gasteiger partial charge < -0.3 is 10.4 Å². The Hall–Kier alpha value is -2.95. The lowest BCUT2D eigenvalue weighted by atomic mass is 10.0. The molecule has 2 N–H and O–H groups in total. The minimum atomic E-state index is -4.57. The van der Waals surface area contributed by atoms with Crippen molar-refractivity contribution in [3.63, 3.8) is 0 Å². The minimum absolute atomic E-state index is 0.103. The number of likely N-dealkylation sites (tertiary alicyclic amines) is 1. The molecule has 1 aliphatic heterocycles. The van der Waals surface area contributed by atoms with Crippen molar-refractivity contribution < 1.29 is 22.7 Å². The summed E-state index contributed by atoms with van der Waals surface area (Å²) in [5, 5.41) is 25.7. The molecule has 1 aromatic carbocycles. The van der Waals surface area contributed by atoms with Gasteiger partial charge in [0.2, 0.25) is 5.95 Å². The molecule has 2 atom stereocenters. The number of alkyl halides is 4. The standard InChI is InChI=1S/C19H20F4N6O/c1-2-28-9-12(20)8-13(10-28)25-18-27-26-17(15-5-6-24-29(15)18)14-4-3-11(7-16(14)30)19(21,22)23/h3-7,12-13,30H,2,8-10H2,1H3,(H,25,27)/t12-,13-/m1/s1. The number of benzene rings is 1. The van der Waals surface area contributed by atoms with E-state index in [0.29, 0.717) is 37.0 Å². The summed E-state index contributed by atoms with van der Waals surface area (Å²) in [6.45, 7) is 3.73. The summed E-state index contributed by atoms with van der Waals surface area (Å²) in [6, 6.07) is 4.09. The number of phenolic OH excluding ortho intramolecular Hbond substituents is 1. The summed E-state index contributed by atoms with van der Waals surface area (Å²) in [7, 11) is 0. The smallest absolute Gasteiger partial charge is 0.416 e. The number of nitrogens with zero attached hydrogens (tertiary/aromatic N) is 5. The van der Waals surface area contributed by atoms with Gasteiger partial charge in [-0.1, -0.05) is 6.92 Å². The van der Waals surface area contributed by atoms with Crippen LogP contribution in [0.25, 0.3) is 16.8 Å². The highest BCUT2D eigenvalue weighted by Crippen LogP contribution is 2.37. The SMILES string of the molecule is CCN1C[C@H](F)C[C@@H](Nc2nnc(-c3ccc(C(F)(F)F)cc3O)c3ccnn23)C1. The second kappa shape index (κ2) is 7.71. The van der Waals surface area contributed by atoms with Gasteiger partial charge in [-0.25, -0.2) is 4.39 Å².